The fraction of sp³-hybridized carbons (Fsp3) is 0.526. The maximum absolute atomic E-state index is 12.6. The molecule has 1 saturated carbocycles. The van der Waals surface area contributed by atoms with Gasteiger partial charge in [-0.2, -0.15) is 0 Å². The van der Waals surface area contributed by atoms with Gasteiger partial charge in [-0.15, -0.1) is 10.2 Å². The van der Waals surface area contributed by atoms with E-state index in [9.17, 15) is 14.9 Å². The summed E-state index contributed by atoms with van der Waals surface area (Å²) in [5.41, 5.74) is 0.449. The Morgan fingerprint density at radius 2 is 2.07 bits per heavy atom. The number of amides is 1. The van der Waals surface area contributed by atoms with Crippen LogP contribution < -0.4 is 0 Å². The van der Waals surface area contributed by atoms with Gasteiger partial charge in [-0.1, -0.05) is 37.1 Å². The summed E-state index contributed by atoms with van der Waals surface area (Å²) in [6.07, 6.45) is 6.26. The van der Waals surface area contributed by atoms with Gasteiger partial charge in [-0.25, -0.2) is 0 Å². The van der Waals surface area contributed by atoms with Gasteiger partial charge in [0.15, 0.2) is 0 Å². The number of thioether (sulfide) groups is 1. The van der Waals surface area contributed by atoms with Crippen LogP contribution in [0.3, 0.4) is 0 Å². The molecule has 0 spiro atoms. The Morgan fingerprint density at radius 3 is 2.89 bits per heavy atom. The minimum absolute atomic E-state index is 0.0359. The number of nitrogens with zero attached hydrogens (tertiary/aromatic N) is 4. The van der Waals surface area contributed by atoms with Crippen molar-refractivity contribution in [3.63, 3.8) is 0 Å². The highest BCUT2D eigenvalue weighted by atomic mass is 32.2. The zero-order chi connectivity index (χ0) is 19.5. The highest BCUT2D eigenvalue weighted by Crippen LogP contribution is 2.36. The minimum atomic E-state index is -0.469. The van der Waals surface area contributed by atoms with Crippen molar-refractivity contribution in [2.24, 2.45) is 11.8 Å². The second-order valence-corrected chi connectivity index (χ2v) is 8.33. The molecular formula is C19H22N4O4S. The van der Waals surface area contributed by atoms with E-state index in [2.05, 4.69) is 10.2 Å². The van der Waals surface area contributed by atoms with Crippen LogP contribution in [0.1, 0.15) is 32.1 Å². The van der Waals surface area contributed by atoms with E-state index in [1.165, 1.54) is 49.6 Å². The molecule has 1 aromatic carbocycles. The average molecular weight is 402 g/mol. The molecule has 4 rings (SSSR count). The maximum atomic E-state index is 12.6. The molecule has 2 aromatic rings. The third-order valence-electron chi connectivity index (χ3n) is 5.67. The van der Waals surface area contributed by atoms with Crippen LogP contribution in [0.25, 0.3) is 11.5 Å². The van der Waals surface area contributed by atoms with Crippen molar-refractivity contribution in [1.29, 1.82) is 0 Å². The highest BCUT2D eigenvalue weighted by molar-refractivity contribution is 7.99. The third kappa shape index (κ3) is 4.19. The Morgan fingerprint density at radius 1 is 1.25 bits per heavy atom. The SMILES string of the molecule is O=C(CSc1nnc(-c2cccc([N+](=O)[O-])c2)o1)N1CC[C@H]2CCCC[C@H]2C1. The summed E-state index contributed by atoms with van der Waals surface area (Å²) in [7, 11) is 0. The molecule has 0 radical (unpaired) electrons. The molecule has 9 heteroatoms. The Labute approximate surface area is 166 Å². The lowest BCUT2D eigenvalue weighted by molar-refractivity contribution is -0.384. The Bertz CT molecular complexity index is 871. The predicted molar refractivity (Wildman–Crippen MR) is 104 cm³/mol. The molecule has 8 nitrogen and oxygen atoms in total. The van der Waals surface area contributed by atoms with Gasteiger partial charge in [0.2, 0.25) is 11.8 Å². The van der Waals surface area contributed by atoms with Gasteiger partial charge >= 0.3 is 0 Å². The quantitative estimate of drug-likeness (QED) is 0.426. The van der Waals surface area contributed by atoms with Crippen LogP contribution in [0.15, 0.2) is 33.9 Å². The molecule has 2 atom stereocenters. The fourth-order valence-electron chi connectivity index (χ4n) is 4.18. The number of hydrogen-bond acceptors (Lipinski definition) is 7. The normalized spacial score (nSPS) is 21.9. The molecule has 0 bridgehead atoms. The number of aromatic nitrogens is 2. The Balaban J connectivity index is 1.34. The molecule has 28 heavy (non-hydrogen) atoms. The summed E-state index contributed by atoms with van der Waals surface area (Å²) in [5, 5.41) is 19.1. The first-order valence-electron chi connectivity index (χ1n) is 9.59. The number of likely N-dealkylation sites (tertiary alicyclic amines) is 1. The lowest BCUT2D eigenvalue weighted by atomic mass is 9.75. The summed E-state index contributed by atoms with van der Waals surface area (Å²) >= 11 is 1.21. The zero-order valence-electron chi connectivity index (χ0n) is 15.5. The van der Waals surface area contributed by atoms with Crippen molar-refractivity contribution in [1.82, 2.24) is 15.1 Å². The third-order valence-corrected chi connectivity index (χ3v) is 6.48. The van der Waals surface area contributed by atoms with Crippen molar-refractivity contribution in [2.45, 2.75) is 37.3 Å². The lowest BCUT2D eigenvalue weighted by Crippen LogP contribution is -2.45. The van der Waals surface area contributed by atoms with Gasteiger partial charge in [-0.05, 0) is 30.7 Å². The van der Waals surface area contributed by atoms with Crippen LogP contribution >= 0.6 is 11.8 Å². The van der Waals surface area contributed by atoms with Crippen LogP contribution in [-0.2, 0) is 4.79 Å². The number of carbonyl (C=O) groups is 1. The molecule has 1 aliphatic carbocycles. The summed E-state index contributed by atoms with van der Waals surface area (Å²) in [6, 6.07) is 6.04. The van der Waals surface area contributed by atoms with Crippen molar-refractivity contribution in [3.8, 4) is 11.5 Å². The molecule has 1 amide bonds. The van der Waals surface area contributed by atoms with Gasteiger partial charge in [-0.3, -0.25) is 14.9 Å². The topological polar surface area (TPSA) is 102 Å². The van der Waals surface area contributed by atoms with Crippen molar-refractivity contribution < 1.29 is 14.1 Å². The van der Waals surface area contributed by atoms with Crippen LogP contribution in [-0.4, -0.2) is 44.8 Å². The van der Waals surface area contributed by atoms with Crippen molar-refractivity contribution in [2.75, 3.05) is 18.8 Å². The van der Waals surface area contributed by atoms with E-state index in [0.717, 1.165) is 25.4 Å². The summed E-state index contributed by atoms with van der Waals surface area (Å²) in [5.74, 6) is 2.01. The van der Waals surface area contributed by atoms with E-state index in [0.29, 0.717) is 16.7 Å². The van der Waals surface area contributed by atoms with E-state index >= 15 is 0 Å². The van der Waals surface area contributed by atoms with Gasteiger partial charge in [0.1, 0.15) is 0 Å². The van der Waals surface area contributed by atoms with Crippen LogP contribution in [0.4, 0.5) is 5.69 Å². The number of rotatable bonds is 5. The molecule has 148 valence electrons. The number of fused-ring (bicyclic) bond motifs is 1. The van der Waals surface area contributed by atoms with Gasteiger partial charge in [0, 0.05) is 30.8 Å². The largest absolute Gasteiger partial charge is 0.411 e. The minimum Gasteiger partial charge on any atom is -0.411 e. The summed E-state index contributed by atoms with van der Waals surface area (Å²) < 4.78 is 5.58. The number of benzene rings is 1. The molecule has 1 aromatic heterocycles. The molecule has 1 aliphatic heterocycles. The Kier molecular flexibility index (Phi) is 5.61. The monoisotopic (exact) mass is 402 g/mol. The first kappa shape index (κ1) is 18.9. The van der Waals surface area contributed by atoms with Crippen LogP contribution in [0.2, 0.25) is 0 Å². The van der Waals surface area contributed by atoms with E-state index in [1.54, 1.807) is 12.1 Å². The smallest absolute Gasteiger partial charge is 0.277 e. The first-order valence-corrected chi connectivity index (χ1v) is 10.6. The molecule has 1 saturated heterocycles. The van der Waals surface area contributed by atoms with Crippen molar-refractivity contribution in [3.05, 3.63) is 34.4 Å². The van der Waals surface area contributed by atoms with Crippen LogP contribution in [0, 0.1) is 22.0 Å². The molecule has 2 aliphatic rings. The molecule has 2 fully saturated rings. The highest BCUT2D eigenvalue weighted by Gasteiger charge is 2.32. The first-order chi connectivity index (χ1) is 13.6. The number of hydrogen-bond donors (Lipinski definition) is 0. The Hall–Kier alpha value is -2.42. The standard InChI is InChI=1S/C19H22N4O4S/c24-17(22-9-8-13-4-1-2-5-15(13)11-22)12-28-19-21-20-18(27-19)14-6-3-7-16(10-14)23(25)26/h3,6-7,10,13,15H,1-2,4-5,8-9,11-12H2/t13-,15+/m1/s1. The maximum Gasteiger partial charge on any atom is 0.277 e. The number of nitro groups is 1. The van der Waals surface area contributed by atoms with Crippen LogP contribution in [0.5, 0.6) is 0 Å². The van der Waals surface area contributed by atoms with Gasteiger partial charge < -0.3 is 9.32 Å². The predicted octanol–water partition coefficient (Wildman–Crippen LogP) is 3.78. The van der Waals surface area contributed by atoms with E-state index < -0.39 is 4.92 Å². The number of nitro benzene ring substituents is 1. The van der Waals surface area contributed by atoms with Gasteiger partial charge in [0.05, 0.1) is 10.7 Å². The van der Waals surface area contributed by atoms with Crippen molar-refractivity contribution >= 4 is 23.4 Å². The summed E-state index contributed by atoms with van der Waals surface area (Å²) in [4.78, 5) is 25.0. The molecule has 0 N–H and O–H groups in total. The number of non-ortho nitro benzene ring substituents is 1. The second kappa shape index (κ2) is 8.30. The second-order valence-electron chi connectivity index (χ2n) is 7.40. The molecule has 0 unspecified atom stereocenters. The molecule has 2 heterocycles. The van der Waals surface area contributed by atoms with E-state index in [-0.39, 0.29) is 23.2 Å². The zero-order valence-corrected chi connectivity index (χ0v) is 16.3. The summed E-state index contributed by atoms with van der Waals surface area (Å²) in [6.45, 7) is 1.70. The fourth-order valence-corrected chi connectivity index (χ4v) is 4.85. The molecular weight excluding hydrogens is 380 g/mol. The lowest BCUT2D eigenvalue weighted by Gasteiger charge is -2.41. The van der Waals surface area contributed by atoms with E-state index in [4.69, 9.17) is 4.42 Å². The van der Waals surface area contributed by atoms with Gasteiger partial charge in [0.25, 0.3) is 10.9 Å². The number of piperidine rings is 1. The van der Waals surface area contributed by atoms with E-state index in [1.807, 2.05) is 4.90 Å². The number of carbonyl (C=O) groups excluding carboxylic acids is 1. The average Bonchev–Trinajstić information content (AvgIpc) is 3.21.